The first-order chi connectivity index (χ1) is 14.5. The smallest absolute Gasteiger partial charge is 0.254 e. The van der Waals surface area contributed by atoms with Gasteiger partial charge in [-0.15, -0.1) is 0 Å². The second-order valence-electron chi connectivity index (χ2n) is 8.12. The summed E-state index contributed by atoms with van der Waals surface area (Å²) in [5.74, 6) is 0.553. The Morgan fingerprint density at radius 3 is 2.37 bits per heavy atom. The second-order valence-corrected chi connectivity index (χ2v) is 8.55. The normalized spacial score (nSPS) is 12.0. The lowest BCUT2D eigenvalue weighted by atomic mass is 9.95. The zero-order valence-corrected chi connectivity index (χ0v) is 18.6. The zero-order valence-electron chi connectivity index (χ0n) is 17.9. The second kappa shape index (κ2) is 10.4. The summed E-state index contributed by atoms with van der Waals surface area (Å²) < 4.78 is 0. The molecule has 0 aliphatic heterocycles. The van der Waals surface area contributed by atoms with Gasteiger partial charge in [-0.3, -0.25) is 9.78 Å². The largest absolute Gasteiger partial charge is 0.339 e. The molecule has 0 spiro atoms. The van der Waals surface area contributed by atoms with Gasteiger partial charge in [0.1, 0.15) is 0 Å². The molecule has 3 aromatic rings. The number of aromatic nitrogens is 1. The number of halogens is 1. The maximum atomic E-state index is 13.5. The van der Waals surface area contributed by atoms with Gasteiger partial charge in [0, 0.05) is 30.5 Å². The standard InChI is InChI=1S/C26H29ClN2O/c1-19(2)17-23(16-15-22-14-13-21(27)18-28-22)29(3)26(30)25-12-8-7-11-24(25)20-9-5-4-6-10-20/h4-14,18-19,23H,15-17H2,1-3H3/t23-/m1/s1. The Morgan fingerprint density at radius 1 is 1.00 bits per heavy atom. The number of rotatable bonds is 8. The van der Waals surface area contributed by atoms with Crippen LogP contribution in [0.1, 0.15) is 42.7 Å². The minimum Gasteiger partial charge on any atom is -0.339 e. The monoisotopic (exact) mass is 420 g/mol. The Morgan fingerprint density at radius 2 is 1.70 bits per heavy atom. The van der Waals surface area contributed by atoms with Gasteiger partial charge in [-0.05, 0) is 54.5 Å². The van der Waals surface area contributed by atoms with Crippen LogP contribution >= 0.6 is 11.6 Å². The molecular formula is C26H29ClN2O. The highest BCUT2D eigenvalue weighted by Gasteiger charge is 2.24. The minimum absolute atomic E-state index is 0.0594. The van der Waals surface area contributed by atoms with Crippen molar-refractivity contribution >= 4 is 17.5 Å². The van der Waals surface area contributed by atoms with E-state index in [4.69, 9.17) is 11.6 Å². The molecule has 0 saturated carbocycles. The topological polar surface area (TPSA) is 33.2 Å². The Bertz CT molecular complexity index is 954. The van der Waals surface area contributed by atoms with Crippen molar-refractivity contribution in [1.29, 1.82) is 0 Å². The summed E-state index contributed by atoms with van der Waals surface area (Å²) in [5.41, 5.74) is 3.77. The number of hydrogen-bond donors (Lipinski definition) is 0. The highest BCUT2D eigenvalue weighted by molar-refractivity contribution is 6.30. The summed E-state index contributed by atoms with van der Waals surface area (Å²) in [5, 5.41) is 0.641. The summed E-state index contributed by atoms with van der Waals surface area (Å²) in [7, 11) is 1.92. The maximum Gasteiger partial charge on any atom is 0.254 e. The fourth-order valence-corrected chi connectivity index (χ4v) is 3.89. The molecule has 1 amide bonds. The predicted octanol–water partition coefficient (Wildman–Crippen LogP) is 6.52. The van der Waals surface area contributed by atoms with E-state index in [-0.39, 0.29) is 11.9 Å². The van der Waals surface area contributed by atoms with Crippen LogP contribution in [0.3, 0.4) is 0 Å². The van der Waals surface area contributed by atoms with Crippen molar-refractivity contribution in [2.45, 2.75) is 39.2 Å². The van der Waals surface area contributed by atoms with Gasteiger partial charge < -0.3 is 4.90 Å². The first-order valence-corrected chi connectivity index (χ1v) is 10.9. The number of pyridine rings is 1. The molecule has 0 bridgehead atoms. The molecule has 1 atom stereocenters. The van der Waals surface area contributed by atoms with Gasteiger partial charge in [-0.1, -0.05) is 74.0 Å². The molecule has 4 heteroatoms. The van der Waals surface area contributed by atoms with E-state index in [1.165, 1.54) is 0 Å². The average molecular weight is 421 g/mol. The maximum absolute atomic E-state index is 13.5. The van der Waals surface area contributed by atoms with E-state index in [0.717, 1.165) is 41.6 Å². The van der Waals surface area contributed by atoms with Crippen molar-refractivity contribution in [3.8, 4) is 11.1 Å². The number of benzene rings is 2. The van der Waals surface area contributed by atoms with Crippen molar-refractivity contribution in [1.82, 2.24) is 9.88 Å². The molecule has 0 radical (unpaired) electrons. The lowest BCUT2D eigenvalue weighted by Gasteiger charge is -2.30. The van der Waals surface area contributed by atoms with E-state index < -0.39 is 0 Å². The van der Waals surface area contributed by atoms with Crippen LogP contribution in [0.2, 0.25) is 5.02 Å². The fourth-order valence-electron chi connectivity index (χ4n) is 3.78. The van der Waals surface area contributed by atoms with Crippen LogP contribution in [0.4, 0.5) is 0 Å². The summed E-state index contributed by atoms with van der Waals surface area (Å²) in [6.45, 7) is 4.40. The number of hydrogen-bond acceptors (Lipinski definition) is 2. The highest BCUT2D eigenvalue weighted by atomic mass is 35.5. The quantitative estimate of drug-likeness (QED) is 0.415. The van der Waals surface area contributed by atoms with E-state index in [1.807, 2.05) is 78.7 Å². The Labute approximate surface area is 184 Å². The third kappa shape index (κ3) is 5.70. The lowest BCUT2D eigenvalue weighted by Crippen LogP contribution is -2.38. The molecule has 30 heavy (non-hydrogen) atoms. The summed E-state index contributed by atoms with van der Waals surface area (Å²) in [6, 6.07) is 21.9. The third-order valence-corrected chi connectivity index (χ3v) is 5.60. The average Bonchev–Trinajstić information content (AvgIpc) is 2.77. The van der Waals surface area contributed by atoms with Crippen molar-refractivity contribution in [2.75, 3.05) is 7.05 Å². The van der Waals surface area contributed by atoms with Crippen molar-refractivity contribution in [3.05, 3.63) is 89.2 Å². The van der Waals surface area contributed by atoms with Gasteiger partial charge in [0.05, 0.1) is 5.02 Å². The lowest BCUT2D eigenvalue weighted by molar-refractivity contribution is 0.0705. The van der Waals surface area contributed by atoms with Crippen LogP contribution in [0, 0.1) is 5.92 Å². The Balaban J connectivity index is 1.81. The van der Waals surface area contributed by atoms with Gasteiger partial charge in [0.2, 0.25) is 0 Å². The van der Waals surface area contributed by atoms with Crippen LogP contribution in [0.5, 0.6) is 0 Å². The van der Waals surface area contributed by atoms with E-state index in [9.17, 15) is 4.79 Å². The molecule has 0 aliphatic carbocycles. The molecule has 0 saturated heterocycles. The Kier molecular flexibility index (Phi) is 7.64. The van der Waals surface area contributed by atoms with Crippen LogP contribution in [0.15, 0.2) is 72.9 Å². The molecule has 1 aromatic heterocycles. The van der Waals surface area contributed by atoms with E-state index in [0.29, 0.717) is 10.9 Å². The molecule has 3 nitrogen and oxygen atoms in total. The number of nitrogens with zero attached hydrogens (tertiary/aromatic N) is 2. The third-order valence-electron chi connectivity index (χ3n) is 5.38. The van der Waals surface area contributed by atoms with E-state index >= 15 is 0 Å². The predicted molar refractivity (Wildman–Crippen MR) is 125 cm³/mol. The fraction of sp³-hybridized carbons (Fsp3) is 0.308. The molecule has 0 fully saturated rings. The van der Waals surface area contributed by atoms with Crippen molar-refractivity contribution in [2.24, 2.45) is 5.92 Å². The first kappa shape index (κ1) is 22.0. The highest BCUT2D eigenvalue weighted by Crippen LogP contribution is 2.26. The van der Waals surface area contributed by atoms with Gasteiger partial charge in [0.25, 0.3) is 5.91 Å². The first-order valence-electron chi connectivity index (χ1n) is 10.5. The molecule has 0 unspecified atom stereocenters. The zero-order chi connectivity index (χ0) is 21.5. The molecule has 0 aliphatic rings. The summed E-state index contributed by atoms with van der Waals surface area (Å²) in [4.78, 5) is 19.8. The van der Waals surface area contributed by atoms with Crippen LogP contribution in [0.25, 0.3) is 11.1 Å². The molecule has 0 N–H and O–H groups in total. The van der Waals surface area contributed by atoms with Gasteiger partial charge >= 0.3 is 0 Å². The van der Waals surface area contributed by atoms with Crippen LogP contribution in [-0.4, -0.2) is 28.9 Å². The molecular weight excluding hydrogens is 392 g/mol. The molecule has 3 rings (SSSR count). The van der Waals surface area contributed by atoms with Gasteiger partial charge in [-0.2, -0.15) is 0 Å². The van der Waals surface area contributed by atoms with E-state index in [2.05, 4.69) is 18.8 Å². The van der Waals surface area contributed by atoms with Gasteiger partial charge in [0.15, 0.2) is 0 Å². The minimum atomic E-state index is 0.0594. The molecule has 2 aromatic carbocycles. The van der Waals surface area contributed by atoms with Crippen molar-refractivity contribution < 1.29 is 4.79 Å². The number of carbonyl (C=O) groups excluding carboxylic acids is 1. The van der Waals surface area contributed by atoms with Crippen molar-refractivity contribution in [3.63, 3.8) is 0 Å². The molecule has 1 heterocycles. The van der Waals surface area contributed by atoms with Crippen LogP contribution < -0.4 is 0 Å². The summed E-state index contributed by atoms with van der Waals surface area (Å²) >= 11 is 5.95. The number of amides is 1. The van der Waals surface area contributed by atoms with E-state index in [1.54, 1.807) is 6.20 Å². The van der Waals surface area contributed by atoms with Crippen LogP contribution in [-0.2, 0) is 6.42 Å². The Hall–Kier alpha value is -2.65. The number of carbonyl (C=O) groups is 1. The summed E-state index contributed by atoms with van der Waals surface area (Å²) in [6.07, 6.45) is 4.30. The molecule has 156 valence electrons. The SMILES string of the molecule is CC(C)C[C@@H](CCc1ccc(Cl)cn1)N(C)C(=O)c1ccccc1-c1ccccc1. The van der Waals surface area contributed by atoms with Gasteiger partial charge in [-0.25, -0.2) is 0 Å². The number of aryl methyl sites for hydroxylation is 1.